The molecule has 13 aromatic rings. The van der Waals surface area contributed by atoms with E-state index in [4.69, 9.17) is 19.4 Å². The smallest absolute Gasteiger partial charge is 0.299 e. The standard InChI is InChI=1S/C21H27NO.C21H28.C19H20F2.C19H23NO2.C19H22.C18H20N2/c1-14(2)16-7-9-20-19(12-16)18-8-6-17(15(3)4)13-21(18)22(20)10-11-23-5;1-15(2)17-10-12-19(13-11-17)21(5,6)20-9-7-8-18(14-20)16(3)4;1-11(2)13-6-8-17-16(9-13)15-7-5-14(12(3)4)10-18(15)19(17,20)21;1-11(2)13-6-8-17-16(9-13)20-19(21)15-7-5-14(12(3)4)10-18(15)22-17;1-12(2)14-7-8-18-17(9-14)10-16-6-5-15(13(3)4)11-19(16)18;1-11(2)13-5-7-15-17(9-13)19-16-8-6-14(12(3)4)10-18(16)20-15/h6-9,12-15H,10-11H2,1-5H3;7-16H,1-6H3;5-12H,1-4H3;5-12,15,18H,1-4H3,(H,20,21);5-9,11-13H,10H2,1-4H3;5-12H,1-4H3. The molecule has 4 aliphatic rings. The lowest BCUT2D eigenvalue weighted by Crippen LogP contribution is -2.33. The van der Waals surface area contributed by atoms with Crippen molar-refractivity contribution in [3.05, 3.63) is 331 Å². The second-order valence-corrected chi connectivity index (χ2v) is 39.7. The van der Waals surface area contributed by atoms with Crippen LogP contribution in [-0.4, -0.2) is 40.3 Å². The number of hydrogen-bond acceptors (Lipinski definition) is 5. The molecule has 3 aliphatic carbocycles. The first-order chi connectivity index (χ1) is 59.7. The lowest BCUT2D eigenvalue weighted by Gasteiger charge is -2.27. The van der Waals surface area contributed by atoms with Gasteiger partial charge in [-0.05, 0) is 255 Å². The molecule has 2 aromatic heterocycles. The number of halogens is 2. The molecule has 1 aliphatic heterocycles. The highest BCUT2D eigenvalue weighted by molar-refractivity contribution is 6.08. The van der Waals surface area contributed by atoms with Crippen molar-refractivity contribution in [2.24, 2.45) is 11.8 Å². The molecular formula is C117H140F2N4O3. The predicted octanol–water partition coefficient (Wildman–Crippen LogP) is 32.8. The Kier molecular flexibility index (Phi) is 30.1. The molecule has 9 heteroatoms. The van der Waals surface area contributed by atoms with Crippen LogP contribution in [0.4, 0.5) is 14.5 Å². The van der Waals surface area contributed by atoms with Crippen molar-refractivity contribution in [2.75, 3.05) is 19.0 Å². The molecule has 660 valence electrons. The van der Waals surface area contributed by atoms with Crippen LogP contribution in [0.1, 0.15) is 340 Å². The fourth-order valence-electron chi connectivity index (χ4n) is 17.2. The van der Waals surface area contributed by atoms with Gasteiger partial charge < -0.3 is 19.4 Å². The largest absolute Gasteiger partial charge is 0.483 e. The number of carbonyl (C=O) groups excluding carboxylic acids is 1. The first-order valence-electron chi connectivity index (χ1n) is 46.6. The first kappa shape index (κ1) is 94.5. The number of allylic oxidation sites excluding steroid dienone is 2. The van der Waals surface area contributed by atoms with Crippen LogP contribution in [0, 0.1) is 11.8 Å². The second-order valence-electron chi connectivity index (χ2n) is 39.7. The number of nitrogens with zero attached hydrogens (tertiary/aromatic N) is 3. The summed E-state index contributed by atoms with van der Waals surface area (Å²) in [6.45, 7) is 58.9. The molecule has 0 spiro atoms. The van der Waals surface area contributed by atoms with E-state index in [1.807, 2.05) is 62.4 Å². The number of amides is 1. The average Bonchev–Trinajstić information content (AvgIpc) is 1.58. The molecule has 3 heterocycles. The summed E-state index contributed by atoms with van der Waals surface area (Å²) in [4.78, 5) is 22.0. The first-order valence-corrected chi connectivity index (χ1v) is 46.6. The van der Waals surface area contributed by atoms with E-state index in [1.165, 1.54) is 111 Å². The number of aromatic nitrogens is 3. The summed E-state index contributed by atoms with van der Waals surface area (Å²) in [5.41, 5.74) is 33.3. The Hall–Kier alpha value is -10.6. The van der Waals surface area contributed by atoms with Gasteiger partial charge in [0.25, 0.3) is 5.92 Å². The molecule has 2 atom stereocenters. The van der Waals surface area contributed by atoms with Gasteiger partial charge in [-0.2, -0.15) is 8.78 Å². The van der Waals surface area contributed by atoms with Gasteiger partial charge in [0, 0.05) is 52.0 Å². The lowest BCUT2D eigenvalue weighted by molar-refractivity contribution is -0.119. The maximum Gasteiger partial charge on any atom is 0.299 e. The van der Waals surface area contributed by atoms with E-state index >= 15 is 0 Å². The minimum absolute atomic E-state index is 0.0000350. The number of hydrogen-bond donors (Lipinski definition) is 1. The molecule has 126 heavy (non-hydrogen) atoms. The van der Waals surface area contributed by atoms with E-state index in [0.29, 0.717) is 76.2 Å². The Morgan fingerprint density at radius 2 is 0.881 bits per heavy atom. The number of methoxy groups -OCH3 is 1. The predicted molar refractivity (Wildman–Crippen MR) is 533 cm³/mol. The van der Waals surface area contributed by atoms with E-state index in [0.717, 1.165) is 64.2 Å². The van der Waals surface area contributed by atoms with Gasteiger partial charge in [-0.15, -0.1) is 0 Å². The zero-order chi connectivity index (χ0) is 91.2. The highest BCUT2D eigenvalue weighted by Crippen LogP contribution is 2.53. The summed E-state index contributed by atoms with van der Waals surface area (Å²) >= 11 is 0. The number of nitrogens with one attached hydrogen (secondary N) is 1. The number of fused-ring (bicyclic) bond motifs is 13. The summed E-state index contributed by atoms with van der Waals surface area (Å²) < 4.78 is 43.3. The summed E-state index contributed by atoms with van der Waals surface area (Å²) in [6.07, 6.45) is 6.97. The molecule has 2 unspecified atom stereocenters. The third-order valence-corrected chi connectivity index (χ3v) is 26.2. The quantitative estimate of drug-likeness (QED) is 0.0919. The molecule has 0 radical (unpaired) electrons. The van der Waals surface area contributed by atoms with Gasteiger partial charge in [0.2, 0.25) is 5.91 Å². The Morgan fingerprint density at radius 3 is 1.45 bits per heavy atom. The molecule has 1 amide bonds. The fourth-order valence-corrected chi connectivity index (χ4v) is 17.2. The van der Waals surface area contributed by atoms with Crippen molar-refractivity contribution < 1.29 is 23.0 Å². The van der Waals surface area contributed by atoms with Crippen molar-refractivity contribution in [3.8, 4) is 28.0 Å². The topological polar surface area (TPSA) is 78.3 Å². The summed E-state index contributed by atoms with van der Waals surface area (Å²) in [5, 5.41) is 5.73. The third-order valence-electron chi connectivity index (χ3n) is 26.2. The molecule has 1 N–H and O–H groups in total. The third kappa shape index (κ3) is 21.3. The van der Waals surface area contributed by atoms with Crippen LogP contribution in [0.5, 0.6) is 5.75 Å². The van der Waals surface area contributed by atoms with Crippen molar-refractivity contribution in [2.45, 2.75) is 276 Å². The van der Waals surface area contributed by atoms with Crippen molar-refractivity contribution >= 4 is 55.5 Å². The van der Waals surface area contributed by atoms with Crippen molar-refractivity contribution in [1.29, 1.82) is 0 Å². The molecule has 0 bridgehead atoms. The number of rotatable bonds is 17. The maximum absolute atomic E-state index is 14.7. The Morgan fingerprint density at radius 1 is 0.413 bits per heavy atom. The SMILES string of the molecule is CC(C)C1=CC2Oc3ccc(C(C)C)cc3NC(=O)C2C=C1.CC(C)c1ccc(C(C)(C)c2cccc(C(C)C)c2)cc1.CC(C)c1ccc2c(c1)-c1ccc(C(C)C)cc1C2(F)F.CC(C)c1ccc2c(c1)Cc1ccc(C(C)C)cc1-2.CC(C)c1ccc2nc3cc(C(C)C)ccc3nc2c1.COCCn1c2ccc(C(C)C)cc2c2ccc(C(C)C)cc21. The van der Waals surface area contributed by atoms with E-state index < -0.39 is 5.92 Å². The van der Waals surface area contributed by atoms with Crippen LogP contribution in [0.25, 0.3) is 66.1 Å². The van der Waals surface area contributed by atoms with Crippen molar-refractivity contribution in [3.63, 3.8) is 0 Å². The van der Waals surface area contributed by atoms with Crippen molar-refractivity contribution in [1.82, 2.24) is 14.5 Å². The summed E-state index contributed by atoms with van der Waals surface area (Å²) in [5.74, 6) is 3.52. The highest BCUT2D eigenvalue weighted by atomic mass is 19.3. The van der Waals surface area contributed by atoms with E-state index in [9.17, 15) is 13.6 Å². The zero-order valence-corrected chi connectivity index (χ0v) is 80.5. The number of benzene rings is 11. The van der Waals surface area contributed by atoms with Gasteiger partial charge >= 0.3 is 0 Å². The molecule has 11 aromatic carbocycles. The van der Waals surface area contributed by atoms with Gasteiger partial charge in [-0.3, -0.25) is 4.79 Å². The van der Waals surface area contributed by atoms with Crippen LogP contribution >= 0.6 is 0 Å². The normalized spacial score (nSPS) is 14.7. The Labute approximate surface area is 753 Å². The molecule has 17 rings (SSSR count). The lowest BCUT2D eigenvalue weighted by atomic mass is 9.77. The molecule has 7 nitrogen and oxygen atoms in total. The van der Waals surface area contributed by atoms with Crippen LogP contribution in [0.2, 0.25) is 0 Å². The zero-order valence-electron chi connectivity index (χ0n) is 80.5. The number of alkyl halides is 2. The van der Waals surface area contributed by atoms with E-state index in [-0.39, 0.29) is 40.4 Å². The minimum atomic E-state index is -2.88. The Bertz CT molecular complexity index is 6010. The fraction of sp³-hybridized carbons (Fsp3) is 0.393. The van der Waals surface area contributed by atoms with E-state index in [2.05, 4.69) is 346 Å². The maximum atomic E-state index is 14.7. The molecule has 0 saturated carbocycles. The van der Waals surface area contributed by atoms with Gasteiger partial charge in [0.15, 0.2) is 0 Å². The molecule has 0 saturated heterocycles. The van der Waals surface area contributed by atoms with Gasteiger partial charge in [-0.1, -0.05) is 344 Å². The van der Waals surface area contributed by atoms with Gasteiger partial charge in [0.1, 0.15) is 11.9 Å². The van der Waals surface area contributed by atoms with Crippen LogP contribution in [0.3, 0.4) is 0 Å². The van der Waals surface area contributed by atoms with E-state index in [1.54, 1.807) is 19.2 Å². The minimum Gasteiger partial charge on any atom is -0.483 e. The van der Waals surface area contributed by atoms with Crippen LogP contribution < -0.4 is 10.1 Å². The molecular weight excluding hydrogens is 1550 g/mol. The Balaban J connectivity index is 0.000000138. The average molecular weight is 1690 g/mol. The summed E-state index contributed by atoms with van der Waals surface area (Å²) in [6, 6.07) is 75.7. The number of ether oxygens (including phenoxy) is 2. The van der Waals surface area contributed by atoms with Gasteiger partial charge in [0.05, 0.1) is 40.3 Å². The molecule has 0 fully saturated rings. The number of anilines is 1. The van der Waals surface area contributed by atoms with Crippen LogP contribution in [-0.2, 0) is 33.8 Å². The highest BCUT2D eigenvalue weighted by Gasteiger charge is 2.45. The van der Waals surface area contributed by atoms with Gasteiger partial charge in [-0.25, -0.2) is 9.97 Å². The van der Waals surface area contributed by atoms with Crippen LogP contribution in [0.15, 0.2) is 236 Å². The monoisotopic (exact) mass is 1690 g/mol. The number of carbonyl (C=O) groups is 1. The second kappa shape index (κ2) is 40.2. The summed E-state index contributed by atoms with van der Waals surface area (Å²) in [7, 11) is 1.77.